The van der Waals surface area contributed by atoms with Gasteiger partial charge in [0.25, 0.3) is 0 Å². The van der Waals surface area contributed by atoms with Gasteiger partial charge in [-0.2, -0.15) is 0 Å². The van der Waals surface area contributed by atoms with E-state index < -0.39 is 33.2 Å². The van der Waals surface area contributed by atoms with Gasteiger partial charge >= 0.3 is 13.8 Å². The fraction of sp³-hybridized carbons (Fsp3) is 0.927. The number of esters is 1. The first-order valence-corrected chi connectivity index (χ1v) is 22.7. The third kappa shape index (κ3) is 38.7. The van der Waals surface area contributed by atoms with Crippen molar-refractivity contribution < 1.29 is 43.0 Å². The number of rotatable bonds is 41. The Bertz CT molecular complexity index is 810. The van der Waals surface area contributed by atoms with Crippen molar-refractivity contribution in [2.45, 2.75) is 212 Å². The predicted molar refractivity (Wildman–Crippen MR) is 210 cm³/mol. The number of hydrogen-bond donors (Lipinski definition) is 3. The Morgan fingerprint density at radius 1 is 0.588 bits per heavy atom. The lowest BCUT2D eigenvalue weighted by molar-refractivity contribution is -0.154. The van der Waals surface area contributed by atoms with Crippen LogP contribution < -0.4 is 0 Å². The summed E-state index contributed by atoms with van der Waals surface area (Å²) in [4.78, 5) is 22.5. The first-order chi connectivity index (χ1) is 24.8. The van der Waals surface area contributed by atoms with E-state index in [0.29, 0.717) is 6.61 Å². The lowest BCUT2D eigenvalue weighted by atomic mass is 10.0. The van der Waals surface area contributed by atoms with E-state index in [4.69, 9.17) is 23.6 Å². The summed E-state index contributed by atoms with van der Waals surface area (Å²) in [6.07, 6.45) is 37.4. The van der Waals surface area contributed by atoms with Crippen molar-refractivity contribution in [3.05, 3.63) is 12.2 Å². The molecule has 10 heteroatoms. The third-order valence-electron chi connectivity index (χ3n) is 9.20. The molecule has 0 rings (SSSR count). The third-order valence-corrected chi connectivity index (χ3v) is 10.2. The smallest absolute Gasteiger partial charge is 0.457 e. The van der Waals surface area contributed by atoms with E-state index in [1.54, 1.807) is 0 Å². The van der Waals surface area contributed by atoms with Crippen LogP contribution in [0.5, 0.6) is 0 Å². The van der Waals surface area contributed by atoms with E-state index in [9.17, 15) is 19.4 Å². The summed E-state index contributed by atoms with van der Waals surface area (Å²) in [6, 6.07) is 0. The molecule has 0 aliphatic heterocycles. The number of unbranched alkanes of at least 4 members (excludes halogenated alkanes) is 25. The zero-order chi connectivity index (χ0) is 37.5. The Morgan fingerprint density at radius 2 is 1.00 bits per heavy atom. The van der Waals surface area contributed by atoms with Crippen molar-refractivity contribution in [2.24, 2.45) is 0 Å². The standard InChI is InChI=1S/C41H81O9P/c1-3-5-7-9-11-13-15-17-18-19-20-21-22-24-26-28-30-32-34-47-37-40(38-49-51(45,46)48-36-39(43)35-42)50-41(44)33-31-29-27-25-23-16-14-12-10-8-6-4-2/h17-18,39-40,42-43H,3-16,19-38H2,1-2H3,(H,45,46)/b18-17-. The predicted octanol–water partition coefficient (Wildman–Crippen LogP) is 11.3. The molecule has 0 radical (unpaired) electrons. The monoisotopic (exact) mass is 749 g/mol. The minimum Gasteiger partial charge on any atom is -0.457 e. The first kappa shape index (κ1) is 50.2. The highest BCUT2D eigenvalue weighted by molar-refractivity contribution is 7.47. The van der Waals surface area contributed by atoms with E-state index in [1.807, 2.05) is 0 Å². The number of ether oxygens (including phenoxy) is 2. The maximum Gasteiger partial charge on any atom is 0.472 e. The van der Waals surface area contributed by atoms with E-state index >= 15 is 0 Å². The second-order valence-corrected chi connectivity index (χ2v) is 15.8. The number of phosphoric acid groups is 1. The van der Waals surface area contributed by atoms with Crippen LogP contribution in [0.2, 0.25) is 0 Å². The van der Waals surface area contributed by atoms with Crippen molar-refractivity contribution >= 4 is 13.8 Å². The molecule has 304 valence electrons. The van der Waals surface area contributed by atoms with E-state index in [0.717, 1.165) is 38.5 Å². The summed E-state index contributed by atoms with van der Waals surface area (Å²) >= 11 is 0. The number of hydrogen-bond acceptors (Lipinski definition) is 8. The highest BCUT2D eigenvalue weighted by atomic mass is 31.2. The molecule has 3 unspecified atom stereocenters. The minimum absolute atomic E-state index is 0.0524. The van der Waals surface area contributed by atoms with Crippen LogP contribution in [-0.2, 0) is 27.9 Å². The quantitative estimate of drug-likeness (QED) is 0.0242. The highest BCUT2D eigenvalue weighted by Gasteiger charge is 2.26. The number of carbonyl (C=O) groups is 1. The topological polar surface area (TPSA) is 132 Å². The lowest BCUT2D eigenvalue weighted by Gasteiger charge is -2.20. The Balaban J connectivity index is 4.13. The van der Waals surface area contributed by atoms with Gasteiger partial charge in [-0.05, 0) is 38.5 Å². The second-order valence-electron chi connectivity index (χ2n) is 14.4. The van der Waals surface area contributed by atoms with Gasteiger partial charge in [0.2, 0.25) is 0 Å². The summed E-state index contributed by atoms with van der Waals surface area (Å²) in [6.45, 7) is 3.53. The van der Waals surface area contributed by atoms with E-state index in [-0.39, 0.29) is 25.6 Å². The Kier molecular flexibility index (Phi) is 38.3. The van der Waals surface area contributed by atoms with Crippen molar-refractivity contribution in [1.29, 1.82) is 0 Å². The van der Waals surface area contributed by atoms with Gasteiger partial charge in [0.15, 0.2) is 0 Å². The van der Waals surface area contributed by atoms with Crippen LogP contribution >= 0.6 is 7.82 Å². The number of carbonyl (C=O) groups excluding carboxylic acids is 1. The average molecular weight is 749 g/mol. The maximum atomic E-state index is 12.6. The van der Waals surface area contributed by atoms with Gasteiger partial charge in [-0.3, -0.25) is 13.8 Å². The van der Waals surface area contributed by atoms with Gasteiger partial charge < -0.3 is 24.6 Å². The summed E-state index contributed by atoms with van der Waals surface area (Å²) in [5.74, 6) is -0.382. The molecule has 0 bridgehead atoms. The van der Waals surface area contributed by atoms with E-state index in [2.05, 4.69) is 26.0 Å². The molecular weight excluding hydrogens is 667 g/mol. The Hall–Kier alpha value is -0.800. The SMILES string of the molecule is CCCCCCCC/C=C\CCCCCCCCCCOCC(COP(=O)(O)OCC(O)CO)OC(=O)CCCCCCCCCCCCCC. The second kappa shape index (κ2) is 38.9. The summed E-state index contributed by atoms with van der Waals surface area (Å²) in [5, 5.41) is 18.3. The Labute approximate surface area is 313 Å². The minimum atomic E-state index is -4.51. The molecule has 0 amide bonds. The molecule has 51 heavy (non-hydrogen) atoms. The molecule has 0 fully saturated rings. The number of phosphoric ester groups is 1. The van der Waals surface area contributed by atoms with Crippen molar-refractivity contribution in [2.75, 3.05) is 33.0 Å². The molecule has 0 aliphatic rings. The van der Waals surface area contributed by atoms with Gasteiger partial charge in [-0.1, -0.05) is 167 Å². The van der Waals surface area contributed by atoms with Gasteiger partial charge in [-0.15, -0.1) is 0 Å². The molecule has 3 N–H and O–H groups in total. The zero-order valence-electron chi connectivity index (χ0n) is 33.1. The van der Waals surface area contributed by atoms with Gasteiger partial charge in [0.05, 0.1) is 26.4 Å². The molecule has 0 aromatic carbocycles. The molecule has 0 saturated heterocycles. The fourth-order valence-electron chi connectivity index (χ4n) is 5.94. The molecule has 9 nitrogen and oxygen atoms in total. The normalized spacial score (nSPS) is 14.2. The average Bonchev–Trinajstić information content (AvgIpc) is 3.12. The van der Waals surface area contributed by atoms with Crippen LogP contribution in [0.1, 0.15) is 200 Å². The molecule has 3 atom stereocenters. The maximum absolute atomic E-state index is 12.6. The molecule has 0 aliphatic carbocycles. The van der Waals surface area contributed by atoms with Crippen LogP contribution in [0.25, 0.3) is 0 Å². The van der Waals surface area contributed by atoms with Crippen LogP contribution in [-0.4, -0.2) is 66.3 Å². The van der Waals surface area contributed by atoms with Crippen LogP contribution in [0.4, 0.5) is 0 Å². The van der Waals surface area contributed by atoms with Gasteiger partial charge in [0, 0.05) is 13.0 Å². The lowest BCUT2D eigenvalue weighted by Crippen LogP contribution is -2.29. The van der Waals surface area contributed by atoms with Crippen molar-refractivity contribution in [3.63, 3.8) is 0 Å². The fourth-order valence-corrected chi connectivity index (χ4v) is 6.73. The van der Waals surface area contributed by atoms with Crippen molar-refractivity contribution in [1.82, 2.24) is 0 Å². The largest absolute Gasteiger partial charge is 0.472 e. The van der Waals surface area contributed by atoms with Crippen molar-refractivity contribution in [3.8, 4) is 0 Å². The Morgan fingerprint density at radius 3 is 1.47 bits per heavy atom. The zero-order valence-corrected chi connectivity index (χ0v) is 34.0. The molecule has 0 heterocycles. The highest BCUT2D eigenvalue weighted by Crippen LogP contribution is 2.43. The van der Waals surface area contributed by atoms with Gasteiger partial charge in [-0.25, -0.2) is 4.57 Å². The molecule has 0 aromatic heterocycles. The first-order valence-electron chi connectivity index (χ1n) is 21.2. The van der Waals surface area contributed by atoms with E-state index in [1.165, 1.54) is 141 Å². The number of aliphatic hydroxyl groups excluding tert-OH is 2. The number of allylic oxidation sites excluding steroid dienone is 2. The number of aliphatic hydroxyl groups is 2. The summed E-state index contributed by atoms with van der Waals surface area (Å²) in [5.41, 5.74) is 0. The van der Waals surface area contributed by atoms with Crippen LogP contribution in [0.3, 0.4) is 0 Å². The molecule has 0 spiro atoms. The van der Waals surface area contributed by atoms with Crippen LogP contribution in [0.15, 0.2) is 12.2 Å². The molecule has 0 saturated carbocycles. The van der Waals surface area contributed by atoms with Crippen LogP contribution in [0, 0.1) is 0 Å². The van der Waals surface area contributed by atoms with Gasteiger partial charge in [0.1, 0.15) is 12.2 Å². The molecular formula is C41H81O9P. The molecule has 0 aromatic rings. The summed E-state index contributed by atoms with van der Waals surface area (Å²) < 4.78 is 33.3. The summed E-state index contributed by atoms with van der Waals surface area (Å²) in [7, 11) is -4.51.